The van der Waals surface area contributed by atoms with Crippen molar-refractivity contribution < 1.29 is 9.59 Å². The number of fused-ring (bicyclic) bond motifs is 1. The molecule has 0 fully saturated rings. The molecule has 2 aromatic carbocycles. The van der Waals surface area contributed by atoms with Crippen LogP contribution in [0.3, 0.4) is 0 Å². The maximum atomic E-state index is 12.5. The van der Waals surface area contributed by atoms with E-state index in [1.165, 1.54) is 5.56 Å². The van der Waals surface area contributed by atoms with E-state index in [9.17, 15) is 9.59 Å². The van der Waals surface area contributed by atoms with Crippen LogP contribution in [0.2, 0.25) is 0 Å². The highest BCUT2D eigenvalue weighted by atomic mass is 16.2. The Morgan fingerprint density at radius 3 is 2.40 bits per heavy atom. The molecular formula is C21H22N2O2. The summed E-state index contributed by atoms with van der Waals surface area (Å²) in [6.07, 6.45) is 0. The van der Waals surface area contributed by atoms with Gasteiger partial charge in [0.1, 0.15) is 6.54 Å². The molecule has 4 nitrogen and oxygen atoms in total. The number of aromatic nitrogens is 1. The number of para-hydroxylation sites is 1. The minimum absolute atomic E-state index is 0.0158. The first kappa shape index (κ1) is 17.0. The second kappa shape index (κ2) is 6.55. The summed E-state index contributed by atoms with van der Waals surface area (Å²) >= 11 is 0. The van der Waals surface area contributed by atoms with Crippen molar-refractivity contribution in [1.29, 1.82) is 0 Å². The summed E-state index contributed by atoms with van der Waals surface area (Å²) in [7, 11) is 0. The summed E-state index contributed by atoms with van der Waals surface area (Å²) < 4.78 is 1.91. The standard InChI is InChI=1S/C21H22N2O2/c1-13-9-10-17(11-14(13)2)22-20(25)12-23-15(3)21(16(4)24)18-7-5-6-8-19(18)23/h5-11H,12H2,1-4H3,(H,22,25). The number of anilines is 1. The Labute approximate surface area is 147 Å². The Kier molecular flexibility index (Phi) is 4.45. The monoisotopic (exact) mass is 334 g/mol. The normalized spacial score (nSPS) is 10.9. The van der Waals surface area contributed by atoms with Gasteiger partial charge in [0.15, 0.2) is 5.78 Å². The van der Waals surface area contributed by atoms with Crippen LogP contribution in [0, 0.1) is 20.8 Å². The second-order valence-electron chi connectivity index (χ2n) is 6.47. The van der Waals surface area contributed by atoms with Crippen LogP contribution in [0.1, 0.15) is 34.1 Å². The van der Waals surface area contributed by atoms with Crippen LogP contribution in [0.15, 0.2) is 42.5 Å². The van der Waals surface area contributed by atoms with Crippen LogP contribution in [0.4, 0.5) is 5.69 Å². The summed E-state index contributed by atoms with van der Waals surface area (Å²) in [6, 6.07) is 13.6. The fourth-order valence-corrected chi connectivity index (χ4v) is 3.24. The molecule has 1 aromatic heterocycles. The fraction of sp³-hybridized carbons (Fsp3) is 0.238. The third kappa shape index (κ3) is 3.20. The van der Waals surface area contributed by atoms with Crippen molar-refractivity contribution in [2.45, 2.75) is 34.2 Å². The van der Waals surface area contributed by atoms with Gasteiger partial charge in [0.25, 0.3) is 0 Å². The molecule has 0 aliphatic rings. The molecule has 0 saturated carbocycles. The van der Waals surface area contributed by atoms with Crippen molar-refractivity contribution in [3.8, 4) is 0 Å². The van der Waals surface area contributed by atoms with E-state index >= 15 is 0 Å². The number of nitrogens with zero attached hydrogens (tertiary/aromatic N) is 1. The average molecular weight is 334 g/mol. The molecule has 1 amide bonds. The first-order valence-corrected chi connectivity index (χ1v) is 8.34. The minimum atomic E-state index is -0.109. The first-order chi connectivity index (χ1) is 11.9. The Morgan fingerprint density at radius 2 is 1.72 bits per heavy atom. The zero-order chi connectivity index (χ0) is 18.1. The molecule has 0 unspecified atom stereocenters. The number of aryl methyl sites for hydroxylation is 2. The van der Waals surface area contributed by atoms with Crippen LogP contribution in [-0.4, -0.2) is 16.3 Å². The van der Waals surface area contributed by atoms with Gasteiger partial charge in [0, 0.05) is 27.8 Å². The third-order valence-corrected chi connectivity index (χ3v) is 4.68. The lowest BCUT2D eigenvalue weighted by molar-refractivity contribution is -0.116. The third-order valence-electron chi connectivity index (χ3n) is 4.68. The zero-order valence-corrected chi connectivity index (χ0v) is 15.0. The molecule has 3 rings (SSSR count). The number of amides is 1. The summed E-state index contributed by atoms with van der Waals surface area (Å²) in [5.74, 6) is -0.0933. The van der Waals surface area contributed by atoms with E-state index < -0.39 is 0 Å². The quantitative estimate of drug-likeness (QED) is 0.719. The van der Waals surface area contributed by atoms with E-state index in [0.29, 0.717) is 5.56 Å². The van der Waals surface area contributed by atoms with Crippen LogP contribution in [0.5, 0.6) is 0 Å². The van der Waals surface area contributed by atoms with Crippen molar-refractivity contribution >= 4 is 28.3 Å². The van der Waals surface area contributed by atoms with Gasteiger partial charge >= 0.3 is 0 Å². The molecule has 25 heavy (non-hydrogen) atoms. The van der Waals surface area contributed by atoms with Gasteiger partial charge in [-0.25, -0.2) is 0 Å². The van der Waals surface area contributed by atoms with Crippen molar-refractivity contribution in [1.82, 2.24) is 4.57 Å². The molecule has 0 spiro atoms. The molecule has 4 heteroatoms. The van der Waals surface area contributed by atoms with E-state index in [-0.39, 0.29) is 18.2 Å². The number of nitrogens with one attached hydrogen (secondary N) is 1. The summed E-state index contributed by atoms with van der Waals surface area (Å²) in [6.45, 7) is 7.69. The van der Waals surface area contributed by atoms with E-state index in [1.54, 1.807) is 6.92 Å². The highest BCUT2D eigenvalue weighted by molar-refractivity contribution is 6.08. The molecule has 0 atom stereocenters. The number of hydrogen-bond acceptors (Lipinski definition) is 2. The van der Waals surface area contributed by atoms with Crippen molar-refractivity contribution in [3.63, 3.8) is 0 Å². The molecule has 0 bridgehead atoms. The molecule has 0 aliphatic carbocycles. The number of benzene rings is 2. The lowest BCUT2D eigenvalue weighted by Crippen LogP contribution is -2.19. The predicted molar refractivity (Wildman–Crippen MR) is 101 cm³/mol. The van der Waals surface area contributed by atoms with Crippen molar-refractivity contribution in [3.05, 3.63) is 64.8 Å². The Balaban J connectivity index is 1.92. The van der Waals surface area contributed by atoms with E-state index in [4.69, 9.17) is 0 Å². The number of hydrogen-bond donors (Lipinski definition) is 1. The van der Waals surface area contributed by atoms with Gasteiger partial charge in [-0.15, -0.1) is 0 Å². The lowest BCUT2D eigenvalue weighted by Gasteiger charge is -2.11. The predicted octanol–water partition coefficient (Wildman–Crippen LogP) is 4.41. The Bertz CT molecular complexity index is 983. The minimum Gasteiger partial charge on any atom is -0.335 e. The Morgan fingerprint density at radius 1 is 1.00 bits per heavy atom. The second-order valence-corrected chi connectivity index (χ2v) is 6.47. The maximum Gasteiger partial charge on any atom is 0.244 e. The smallest absolute Gasteiger partial charge is 0.244 e. The molecule has 0 radical (unpaired) electrons. The van der Waals surface area contributed by atoms with Gasteiger partial charge < -0.3 is 9.88 Å². The SMILES string of the molecule is CC(=O)c1c(C)n(CC(=O)Nc2ccc(C)c(C)c2)c2ccccc12. The Hall–Kier alpha value is -2.88. The van der Waals surface area contributed by atoms with Gasteiger partial charge in [-0.3, -0.25) is 9.59 Å². The molecule has 1 N–H and O–H groups in total. The number of ketones is 1. The molecule has 1 heterocycles. The average Bonchev–Trinajstić information content (AvgIpc) is 2.83. The highest BCUT2D eigenvalue weighted by Crippen LogP contribution is 2.26. The lowest BCUT2D eigenvalue weighted by atomic mass is 10.1. The van der Waals surface area contributed by atoms with Crippen LogP contribution in [0.25, 0.3) is 10.9 Å². The van der Waals surface area contributed by atoms with Gasteiger partial charge in [-0.05, 0) is 57.0 Å². The van der Waals surface area contributed by atoms with E-state index in [1.807, 2.05) is 67.8 Å². The number of carbonyl (C=O) groups excluding carboxylic acids is 2. The molecule has 0 aliphatic heterocycles. The number of Topliss-reactive ketones (excluding diaryl/α,β-unsaturated/α-hetero) is 1. The van der Waals surface area contributed by atoms with Crippen LogP contribution >= 0.6 is 0 Å². The number of rotatable bonds is 4. The van der Waals surface area contributed by atoms with Gasteiger partial charge in [0.2, 0.25) is 5.91 Å². The van der Waals surface area contributed by atoms with E-state index in [2.05, 4.69) is 5.32 Å². The summed E-state index contributed by atoms with van der Waals surface area (Å²) in [4.78, 5) is 24.6. The molecule has 128 valence electrons. The summed E-state index contributed by atoms with van der Waals surface area (Å²) in [5, 5.41) is 3.84. The molecule has 0 saturated heterocycles. The first-order valence-electron chi connectivity index (χ1n) is 8.34. The van der Waals surface area contributed by atoms with E-state index in [0.717, 1.165) is 27.8 Å². The molecular weight excluding hydrogens is 312 g/mol. The van der Waals surface area contributed by atoms with Gasteiger partial charge in [0.05, 0.1) is 0 Å². The fourth-order valence-electron chi connectivity index (χ4n) is 3.24. The van der Waals surface area contributed by atoms with Crippen molar-refractivity contribution in [2.75, 3.05) is 5.32 Å². The van der Waals surface area contributed by atoms with Crippen molar-refractivity contribution in [2.24, 2.45) is 0 Å². The van der Waals surface area contributed by atoms with Crippen LogP contribution < -0.4 is 5.32 Å². The summed E-state index contributed by atoms with van der Waals surface area (Å²) in [5.41, 5.74) is 5.53. The van der Waals surface area contributed by atoms with Crippen LogP contribution in [-0.2, 0) is 11.3 Å². The largest absolute Gasteiger partial charge is 0.335 e. The topological polar surface area (TPSA) is 51.1 Å². The highest BCUT2D eigenvalue weighted by Gasteiger charge is 2.18. The maximum absolute atomic E-state index is 12.5. The molecule has 3 aromatic rings. The number of carbonyl (C=O) groups is 2. The van der Waals surface area contributed by atoms with Gasteiger partial charge in [-0.2, -0.15) is 0 Å². The van der Waals surface area contributed by atoms with Gasteiger partial charge in [-0.1, -0.05) is 24.3 Å². The zero-order valence-electron chi connectivity index (χ0n) is 15.0.